The van der Waals surface area contributed by atoms with Crippen LogP contribution in [-0.4, -0.2) is 18.6 Å². The zero-order valence-electron chi connectivity index (χ0n) is 9.80. The maximum atomic E-state index is 3.67. The van der Waals surface area contributed by atoms with Crippen LogP contribution >= 0.6 is 0 Å². The van der Waals surface area contributed by atoms with E-state index < -0.39 is 0 Å². The van der Waals surface area contributed by atoms with E-state index in [0.29, 0.717) is 6.04 Å². The first-order chi connectivity index (χ1) is 7.07. The van der Waals surface area contributed by atoms with Gasteiger partial charge in [-0.3, -0.25) is 0 Å². The molecule has 1 fully saturated rings. The SMILES string of the molecule is Cc1cccc(C2CNCC(C)(C)N2)c1. The van der Waals surface area contributed by atoms with Crippen LogP contribution in [0.3, 0.4) is 0 Å². The molecule has 1 aromatic carbocycles. The minimum atomic E-state index is 0.187. The molecule has 2 N–H and O–H groups in total. The van der Waals surface area contributed by atoms with Gasteiger partial charge >= 0.3 is 0 Å². The lowest BCUT2D eigenvalue weighted by Crippen LogP contribution is -2.56. The topological polar surface area (TPSA) is 24.1 Å². The molecule has 1 unspecified atom stereocenters. The van der Waals surface area contributed by atoms with E-state index in [1.54, 1.807) is 0 Å². The van der Waals surface area contributed by atoms with Crippen molar-refractivity contribution in [2.24, 2.45) is 0 Å². The molecule has 1 atom stereocenters. The minimum Gasteiger partial charge on any atom is -0.313 e. The number of piperazine rings is 1. The molecule has 2 nitrogen and oxygen atoms in total. The van der Waals surface area contributed by atoms with Crippen molar-refractivity contribution in [3.63, 3.8) is 0 Å². The molecule has 1 aromatic rings. The van der Waals surface area contributed by atoms with E-state index in [1.165, 1.54) is 11.1 Å². The summed E-state index contributed by atoms with van der Waals surface area (Å²) in [5.74, 6) is 0. The number of aryl methyl sites for hydroxylation is 1. The zero-order valence-corrected chi connectivity index (χ0v) is 9.80. The molecule has 1 aliphatic heterocycles. The van der Waals surface area contributed by atoms with Crippen LogP contribution in [0.15, 0.2) is 24.3 Å². The standard InChI is InChI=1S/C13H20N2/c1-10-5-4-6-11(7-10)12-8-14-9-13(2,3)15-12/h4-7,12,14-15H,8-9H2,1-3H3. The summed E-state index contributed by atoms with van der Waals surface area (Å²) in [5.41, 5.74) is 2.90. The van der Waals surface area contributed by atoms with E-state index in [1.807, 2.05) is 0 Å². The molecule has 0 aliphatic carbocycles. The fourth-order valence-electron chi connectivity index (χ4n) is 2.19. The predicted octanol–water partition coefficient (Wildman–Crippen LogP) is 2.01. The molecule has 1 heterocycles. The van der Waals surface area contributed by atoms with Crippen molar-refractivity contribution in [3.05, 3.63) is 35.4 Å². The van der Waals surface area contributed by atoms with Crippen LogP contribution in [0.4, 0.5) is 0 Å². The third kappa shape index (κ3) is 2.58. The summed E-state index contributed by atoms with van der Waals surface area (Å²) in [7, 11) is 0. The number of hydrogen-bond acceptors (Lipinski definition) is 2. The Bertz CT molecular complexity index is 344. The zero-order chi connectivity index (χ0) is 10.9. The smallest absolute Gasteiger partial charge is 0.0451 e. The molecule has 0 bridgehead atoms. The van der Waals surface area contributed by atoms with Gasteiger partial charge in [-0.15, -0.1) is 0 Å². The lowest BCUT2D eigenvalue weighted by molar-refractivity contribution is 0.264. The highest BCUT2D eigenvalue weighted by atomic mass is 15.1. The van der Waals surface area contributed by atoms with Crippen LogP contribution < -0.4 is 10.6 Å². The van der Waals surface area contributed by atoms with Crippen molar-refractivity contribution >= 4 is 0 Å². The molecular weight excluding hydrogens is 184 g/mol. The Morgan fingerprint density at radius 1 is 1.33 bits per heavy atom. The Morgan fingerprint density at radius 3 is 2.80 bits per heavy atom. The molecule has 15 heavy (non-hydrogen) atoms. The van der Waals surface area contributed by atoms with E-state index in [9.17, 15) is 0 Å². The van der Waals surface area contributed by atoms with E-state index in [4.69, 9.17) is 0 Å². The highest BCUT2D eigenvalue weighted by Gasteiger charge is 2.27. The average Bonchev–Trinajstić information content (AvgIpc) is 2.16. The summed E-state index contributed by atoms with van der Waals surface area (Å²) < 4.78 is 0. The van der Waals surface area contributed by atoms with Crippen LogP contribution in [0.2, 0.25) is 0 Å². The van der Waals surface area contributed by atoms with Crippen molar-refractivity contribution in [1.29, 1.82) is 0 Å². The van der Waals surface area contributed by atoms with Gasteiger partial charge in [0.1, 0.15) is 0 Å². The largest absolute Gasteiger partial charge is 0.313 e. The summed E-state index contributed by atoms with van der Waals surface area (Å²) in [6.07, 6.45) is 0. The fraction of sp³-hybridized carbons (Fsp3) is 0.538. The molecular formula is C13H20N2. The molecule has 2 heteroatoms. The van der Waals surface area contributed by atoms with Gasteiger partial charge in [0.2, 0.25) is 0 Å². The molecule has 2 rings (SSSR count). The summed E-state index contributed by atoms with van der Waals surface area (Å²) >= 11 is 0. The lowest BCUT2D eigenvalue weighted by atomic mass is 9.95. The maximum Gasteiger partial charge on any atom is 0.0451 e. The highest BCUT2D eigenvalue weighted by molar-refractivity contribution is 5.26. The quantitative estimate of drug-likeness (QED) is 0.731. The summed E-state index contributed by atoms with van der Waals surface area (Å²) in [6, 6.07) is 9.18. The van der Waals surface area contributed by atoms with Crippen LogP contribution in [0.1, 0.15) is 31.0 Å². The molecule has 0 amide bonds. The Hall–Kier alpha value is -0.860. The van der Waals surface area contributed by atoms with Crippen molar-refractivity contribution in [2.45, 2.75) is 32.4 Å². The molecule has 0 aromatic heterocycles. The van der Waals surface area contributed by atoms with Gasteiger partial charge in [0.25, 0.3) is 0 Å². The van der Waals surface area contributed by atoms with Gasteiger partial charge in [0, 0.05) is 24.7 Å². The second-order valence-corrected chi connectivity index (χ2v) is 5.13. The Labute approximate surface area is 92.1 Å². The van der Waals surface area contributed by atoms with Crippen molar-refractivity contribution in [1.82, 2.24) is 10.6 Å². The number of benzene rings is 1. The second kappa shape index (κ2) is 3.95. The number of hydrogen-bond donors (Lipinski definition) is 2. The predicted molar refractivity (Wildman–Crippen MR) is 64.0 cm³/mol. The first-order valence-corrected chi connectivity index (χ1v) is 5.62. The Balaban J connectivity index is 2.17. The summed E-state index contributed by atoms with van der Waals surface area (Å²) in [5, 5.41) is 7.15. The number of rotatable bonds is 1. The number of nitrogens with one attached hydrogen (secondary N) is 2. The maximum absolute atomic E-state index is 3.67. The van der Waals surface area contributed by atoms with E-state index in [-0.39, 0.29) is 5.54 Å². The van der Waals surface area contributed by atoms with Crippen LogP contribution in [0.5, 0.6) is 0 Å². The van der Waals surface area contributed by atoms with Crippen molar-refractivity contribution in [2.75, 3.05) is 13.1 Å². The third-order valence-electron chi connectivity index (χ3n) is 2.92. The first kappa shape index (κ1) is 10.7. The summed E-state index contributed by atoms with van der Waals surface area (Å²) in [4.78, 5) is 0. The monoisotopic (exact) mass is 204 g/mol. The van der Waals surface area contributed by atoms with E-state index in [0.717, 1.165) is 13.1 Å². The molecule has 1 saturated heterocycles. The van der Waals surface area contributed by atoms with Gasteiger partial charge in [-0.2, -0.15) is 0 Å². The normalized spacial score (nSPS) is 25.1. The second-order valence-electron chi connectivity index (χ2n) is 5.13. The molecule has 0 spiro atoms. The van der Waals surface area contributed by atoms with Crippen molar-refractivity contribution < 1.29 is 0 Å². The Kier molecular flexibility index (Phi) is 2.81. The molecule has 1 aliphatic rings. The van der Waals surface area contributed by atoms with Crippen molar-refractivity contribution in [3.8, 4) is 0 Å². The van der Waals surface area contributed by atoms with E-state index in [2.05, 4.69) is 55.7 Å². The van der Waals surface area contributed by atoms with Crippen LogP contribution in [0, 0.1) is 6.92 Å². The van der Waals surface area contributed by atoms with Gasteiger partial charge < -0.3 is 10.6 Å². The highest BCUT2D eigenvalue weighted by Crippen LogP contribution is 2.20. The van der Waals surface area contributed by atoms with Gasteiger partial charge in [-0.05, 0) is 26.3 Å². The van der Waals surface area contributed by atoms with Gasteiger partial charge in [0.15, 0.2) is 0 Å². The lowest BCUT2D eigenvalue weighted by Gasteiger charge is -2.38. The molecule has 0 saturated carbocycles. The molecule has 82 valence electrons. The van der Waals surface area contributed by atoms with Crippen LogP contribution in [0.25, 0.3) is 0 Å². The average molecular weight is 204 g/mol. The molecule has 0 radical (unpaired) electrons. The van der Waals surface area contributed by atoms with Crippen LogP contribution in [-0.2, 0) is 0 Å². The minimum absolute atomic E-state index is 0.187. The third-order valence-corrected chi connectivity index (χ3v) is 2.92. The van der Waals surface area contributed by atoms with Gasteiger partial charge in [-0.1, -0.05) is 29.8 Å². The first-order valence-electron chi connectivity index (χ1n) is 5.62. The Morgan fingerprint density at radius 2 is 2.13 bits per heavy atom. The van der Waals surface area contributed by atoms with Gasteiger partial charge in [0.05, 0.1) is 0 Å². The van der Waals surface area contributed by atoms with E-state index >= 15 is 0 Å². The summed E-state index contributed by atoms with van der Waals surface area (Å²) in [6.45, 7) is 8.68. The van der Waals surface area contributed by atoms with Gasteiger partial charge in [-0.25, -0.2) is 0 Å². The fourth-order valence-corrected chi connectivity index (χ4v) is 2.19.